The number of hydrogen-bond donors (Lipinski definition) is 2. The molecule has 0 spiro atoms. The van der Waals surface area contributed by atoms with Crippen LogP contribution in [0.2, 0.25) is 0 Å². The number of amides is 2. The molecule has 2 aromatic heterocycles. The van der Waals surface area contributed by atoms with Crippen molar-refractivity contribution in [3.63, 3.8) is 0 Å². The van der Waals surface area contributed by atoms with Crippen LogP contribution in [-0.4, -0.2) is 21.8 Å². The van der Waals surface area contributed by atoms with Crippen LogP contribution in [0, 0.1) is 0 Å². The summed E-state index contributed by atoms with van der Waals surface area (Å²) in [6.45, 7) is 0.722. The molecule has 3 heterocycles. The number of aromatic nitrogens is 2. The second-order valence-electron chi connectivity index (χ2n) is 7.39. The van der Waals surface area contributed by atoms with Crippen molar-refractivity contribution < 1.29 is 9.59 Å². The minimum absolute atomic E-state index is 0.178. The molecule has 4 aromatic rings. The fraction of sp³-hybridized carbons (Fsp3) is 0.0833. The number of pyridine rings is 2. The maximum Gasteiger partial charge on any atom is 0.260 e. The molecular formula is C24H19N5O2. The van der Waals surface area contributed by atoms with E-state index in [0.29, 0.717) is 29.2 Å². The van der Waals surface area contributed by atoms with E-state index in [1.54, 1.807) is 35.4 Å². The quantitative estimate of drug-likeness (QED) is 0.539. The largest absolute Gasteiger partial charge is 0.384 e. The van der Waals surface area contributed by atoms with Crippen molar-refractivity contribution in [2.24, 2.45) is 0 Å². The van der Waals surface area contributed by atoms with E-state index in [1.165, 1.54) is 6.20 Å². The van der Waals surface area contributed by atoms with Gasteiger partial charge in [-0.15, -0.1) is 0 Å². The maximum atomic E-state index is 13.5. The molecule has 31 heavy (non-hydrogen) atoms. The Hall–Kier alpha value is -4.26. The summed E-state index contributed by atoms with van der Waals surface area (Å²) in [7, 11) is 0. The predicted molar refractivity (Wildman–Crippen MR) is 119 cm³/mol. The molecule has 7 nitrogen and oxygen atoms in total. The number of hydrogen-bond acceptors (Lipinski definition) is 5. The molecule has 0 bridgehead atoms. The molecule has 0 aliphatic carbocycles. The van der Waals surface area contributed by atoms with Gasteiger partial charge in [0.25, 0.3) is 11.8 Å². The van der Waals surface area contributed by atoms with Crippen LogP contribution in [0.3, 0.4) is 0 Å². The van der Waals surface area contributed by atoms with E-state index >= 15 is 0 Å². The summed E-state index contributed by atoms with van der Waals surface area (Å²) in [4.78, 5) is 36.1. The van der Waals surface area contributed by atoms with Gasteiger partial charge in [-0.1, -0.05) is 24.3 Å². The molecule has 0 saturated carbocycles. The topological polar surface area (TPSA) is 101 Å². The number of nitrogens with one attached hydrogen (secondary N) is 1. The highest BCUT2D eigenvalue weighted by Gasteiger charge is 2.28. The number of carbonyl (C=O) groups excluding carboxylic acids is 2. The van der Waals surface area contributed by atoms with E-state index in [-0.39, 0.29) is 18.4 Å². The molecule has 1 aliphatic rings. The molecule has 7 heteroatoms. The molecule has 2 aromatic carbocycles. The maximum absolute atomic E-state index is 13.5. The van der Waals surface area contributed by atoms with Gasteiger partial charge in [-0.3, -0.25) is 14.6 Å². The standard InChI is InChI=1S/C24H19N5O2/c25-21-9-8-16-7-6-15(11-19(16)28-21)14-29(24(31)18-4-2-10-26-12-18)20-5-1-3-17-13-27-23(30)22(17)20/h1-12H,13-14H2,(H2,25,28)(H,27,30). The van der Waals surface area contributed by atoms with Crippen LogP contribution >= 0.6 is 0 Å². The predicted octanol–water partition coefficient (Wildman–Crippen LogP) is 3.30. The molecule has 5 rings (SSSR count). The van der Waals surface area contributed by atoms with Crippen molar-refractivity contribution in [1.82, 2.24) is 15.3 Å². The highest BCUT2D eigenvalue weighted by molar-refractivity contribution is 6.11. The van der Waals surface area contributed by atoms with Crippen LogP contribution in [0.15, 0.2) is 73.1 Å². The molecule has 0 unspecified atom stereocenters. The van der Waals surface area contributed by atoms with Crippen LogP contribution in [0.4, 0.5) is 11.5 Å². The van der Waals surface area contributed by atoms with Gasteiger partial charge in [0.2, 0.25) is 0 Å². The number of nitrogens with two attached hydrogens (primary N) is 1. The van der Waals surface area contributed by atoms with Gasteiger partial charge in [-0.25, -0.2) is 4.98 Å². The summed E-state index contributed by atoms with van der Waals surface area (Å²) in [5.74, 6) is 0.0230. The van der Waals surface area contributed by atoms with Crippen LogP contribution in [0.1, 0.15) is 31.8 Å². The first-order valence-electron chi connectivity index (χ1n) is 9.87. The molecule has 0 saturated heterocycles. The van der Waals surface area contributed by atoms with Crippen LogP contribution in [0.25, 0.3) is 10.9 Å². The molecule has 0 radical (unpaired) electrons. The number of nitrogens with zero attached hydrogens (tertiary/aromatic N) is 3. The summed E-state index contributed by atoms with van der Waals surface area (Å²) in [5.41, 5.74) is 9.89. The van der Waals surface area contributed by atoms with Crippen molar-refractivity contribution >= 4 is 34.2 Å². The summed E-state index contributed by atoms with van der Waals surface area (Å²) >= 11 is 0. The van der Waals surface area contributed by atoms with Crippen molar-refractivity contribution in [3.8, 4) is 0 Å². The second-order valence-corrected chi connectivity index (χ2v) is 7.39. The first-order valence-corrected chi connectivity index (χ1v) is 9.87. The van der Waals surface area contributed by atoms with Gasteiger partial charge in [-0.2, -0.15) is 0 Å². The normalized spacial score (nSPS) is 12.5. The Morgan fingerprint density at radius 1 is 1.10 bits per heavy atom. The number of nitrogen functional groups attached to an aromatic ring is 1. The third kappa shape index (κ3) is 3.46. The molecular weight excluding hydrogens is 390 g/mol. The van der Waals surface area contributed by atoms with Gasteiger partial charge in [0.15, 0.2) is 0 Å². The van der Waals surface area contributed by atoms with E-state index < -0.39 is 0 Å². The number of anilines is 2. The Kier molecular flexibility index (Phi) is 4.55. The van der Waals surface area contributed by atoms with E-state index in [4.69, 9.17) is 5.73 Å². The molecule has 152 valence electrons. The van der Waals surface area contributed by atoms with Gasteiger partial charge in [0, 0.05) is 24.3 Å². The molecule has 1 aliphatic heterocycles. The first-order chi connectivity index (χ1) is 15.1. The van der Waals surface area contributed by atoms with Crippen molar-refractivity contribution in [2.45, 2.75) is 13.1 Å². The number of carbonyl (C=O) groups is 2. The lowest BCUT2D eigenvalue weighted by Crippen LogP contribution is -2.32. The van der Waals surface area contributed by atoms with Gasteiger partial charge in [0.1, 0.15) is 5.82 Å². The first kappa shape index (κ1) is 18.7. The molecule has 0 fully saturated rings. The smallest absolute Gasteiger partial charge is 0.260 e. The zero-order valence-corrected chi connectivity index (χ0v) is 16.6. The van der Waals surface area contributed by atoms with E-state index in [1.807, 2.05) is 36.4 Å². The SMILES string of the molecule is Nc1ccc2ccc(CN(C(=O)c3cccnc3)c3cccc4c3C(=O)NC4)cc2n1. The van der Waals surface area contributed by atoms with Gasteiger partial charge < -0.3 is 16.0 Å². The highest BCUT2D eigenvalue weighted by Crippen LogP contribution is 2.30. The van der Waals surface area contributed by atoms with Crippen molar-refractivity contribution in [3.05, 3.63) is 95.3 Å². The van der Waals surface area contributed by atoms with Gasteiger partial charge in [0.05, 0.1) is 28.9 Å². The lowest BCUT2D eigenvalue weighted by Gasteiger charge is -2.25. The average Bonchev–Trinajstić information content (AvgIpc) is 3.18. The Labute approximate surface area is 178 Å². The number of rotatable bonds is 4. The molecule has 0 atom stereocenters. The highest BCUT2D eigenvalue weighted by atomic mass is 16.2. The van der Waals surface area contributed by atoms with Gasteiger partial charge in [-0.05, 0) is 47.5 Å². The lowest BCUT2D eigenvalue weighted by atomic mass is 10.0. The zero-order chi connectivity index (χ0) is 21.4. The zero-order valence-electron chi connectivity index (χ0n) is 16.6. The van der Waals surface area contributed by atoms with Crippen LogP contribution < -0.4 is 16.0 Å². The minimum atomic E-state index is -0.234. The minimum Gasteiger partial charge on any atom is -0.384 e. The van der Waals surface area contributed by atoms with Crippen LogP contribution in [0.5, 0.6) is 0 Å². The summed E-state index contributed by atoms with van der Waals surface area (Å²) in [5, 5.41) is 3.80. The molecule has 3 N–H and O–H groups in total. The third-order valence-electron chi connectivity index (χ3n) is 5.36. The van der Waals surface area contributed by atoms with E-state index in [0.717, 1.165) is 22.0 Å². The van der Waals surface area contributed by atoms with E-state index in [2.05, 4.69) is 15.3 Å². The van der Waals surface area contributed by atoms with Gasteiger partial charge >= 0.3 is 0 Å². The Bertz CT molecular complexity index is 1320. The third-order valence-corrected chi connectivity index (χ3v) is 5.36. The fourth-order valence-electron chi connectivity index (χ4n) is 3.86. The van der Waals surface area contributed by atoms with Crippen LogP contribution in [-0.2, 0) is 13.1 Å². The fourth-order valence-corrected chi connectivity index (χ4v) is 3.86. The summed E-state index contributed by atoms with van der Waals surface area (Å²) < 4.78 is 0. The monoisotopic (exact) mass is 409 g/mol. The lowest BCUT2D eigenvalue weighted by molar-refractivity contribution is 0.0966. The number of benzene rings is 2. The Balaban J connectivity index is 1.61. The van der Waals surface area contributed by atoms with Crippen molar-refractivity contribution in [1.29, 1.82) is 0 Å². The van der Waals surface area contributed by atoms with E-state index in [9.17, 15) is 9.59 Å². The second kappa shape index (κ2) is 7.53. The van der Waals surface area contributed by atoms with Crippen molar-refractivity contribution in [2.75, 3.05) is 10.6 Å². The average molecular weight is 409 g/mol. The number of fused-ring (bicyclic) bond motifs is 2. The summed E-state index contributed by atoms with van der Waals surface area (Å²) in [6, 6.07) is 18.5. The Morgan fingerprint density at radius 3 is 2.81 bits per heavy atom. The Morgan fingerprint density at radius 2 is 1.97 bits per heavy atom. The summed E-state index contributed by atoms with van der Waals surface area (Å²) in [6.07, 6.45) is 3.15. The molecule has 2 amide bonds.